The number of carbonyl (C=O) groups is 3. The molecule has 0 spiro atoms. The summed E-state index contributed by atoms with van der Waals surface area (Å²) in [6.45, 7) is 2.09. The van der Waals surface area contributed by atoms with E-state index in [0.29, 0.717) is 16.8 Å². The Morgan fingerprint density at radius 1 is 0.833 bits per heavy atom. The molecule has 1 heterocycles. The summed E-state index contributed by atoms with van der Waals surface area (Å²) in [7, 11) is 1.43. The van der Waals surface area contributed by atoms with Crippen molar-refractivity contribution < 1.29 is 14.4 Å². The van der Waals surface area contributed by atoms with Crippen LogP contribution in [-0.2, 0) is 0 Å². The monoisotopic (exact) mass is 399 g/mol. The summed E-state index contributed by atoms with van der Waals surface area (Å²) in [5.74, 6) is -1.09. The molecular weight excluding hydrogens is 378 g/mol. The molecule has 0 radical (unpaired) electrons. The maximum Gasteiger partial charge on any atom is 0.261 e. The summed E-state index contributed by atoms with van der Waals surface area (Å²) in [5.41, 5.74) is 3.66. The predicted octanol–water partition coefficient (Wildman–Crippen LogP) is 4.34. The van der Waals surface area contributed by atoms with Gasteiger partial charge in [-0.1, -0.05) is 30.3 Å². The fourth-order valence-corrected chi connectivity index (χ4v) is 3.43. The van der Waals surface area contributed by atoms with Crippen LogP contribution in [-0.4, -0.2) is 29.7 Å². The first-order valence-corrected chi connectivity index (χ1v) is 9.63. The van der Waals surface area contributed by atoms with E-state index in [-0.39, 0.29) is 23.4 Å². The van der Waals surface area contributed by atoms with Gasteiger partial charge in [0.05, 0.1) is 11.1 Å². The lowest BCUT2D eigenvalue weighted by atomic mass is 10.1. The van der Waals surface area contributed by atoms with Gasteiger partial charge in [-0.15, -0.1) is 0 Å². The molecule has 30 heavy (non-hydrogen) atoms. The molecule has 150 valence electrons. The van der Waals surface area contributed by atoms with Gasteiger partial charge in [-0.2, -0.15) is 0 Å². The Morgan fingerprint density at radius 3 is 2.17 bits per heavy atom. The smallest absolute Gasteiger partial charge is 0.261 e. The van der Waals surface area contributed by atoms with Crippen LogP contribution in [0.1, 0.15) is 49.6 Å². The molecule has 0 aliphatic carbocycles. The summed E-state index contributed by atoms with van der Waals surface area (Å²) < 4.78 is 0. The lowest BCUT2D eigenvalue weighted by Gasteiger charge is -2.16. The van der Waals surface area contributed by atoms with Crippen LogP contribution < -0.4 is 10.6 Å². The standard InChI is InChI=1S/C24H21N3O3/c1-15(16-6-4-3-5-7-16)25-18-9-11-19(12-10-18)26-22(28)17-8-13-20-21(14-17)24(30)27(2)23(20)29/h3-15,25H,1-2H3,(H,26,28). The first-order valence-electron chi connectivity index (χ1n) is 9.63. The molecule has 3 amide bonds. The Balaban J connectivity index is 1.43. The first-order chi connectivity index (χ1) is 14.4. The number of fused-ring (bicyclic) bond motifs is 1. The minimum absolute atomic E-state index is 0.149. The molecule has 1 aliphatic heterocycles. The zero-order valence-corrected chi connectivity index (χ0v) is 16.7. The Bertz CT molecular complexity index is 1120. The maximum atomic E-state index is 12.6. The van der Waals surface area contributed by atoms with Crippen molar-refractivity contribution in [2.45, 2.75) is 13.0 Å². The second-order valence-electron chi connectivity index (χ2n) is 7.24. The number of anilines is 2. The third kappa shape index (κ3) is 3.67. The van der Waals surface area contributed by atoms with Gasteiger partial charge >= 0.3 is 0 Å². The zero-order valence-electron chi connectivity index (χ0n) is 16.7. The van der Waals surface area contributed by atoms with E-state index >= 15 is 0 Å². The van der Waals surface area contributed by atoms with Crippen LogP contribution in [0.3, 0.4) is 0 Å². The fraction of sp³-hybridized carbons (Fsp3) is 0.125. The van der Waals surface area contributed by atoms with Crippen molar-refractivity contribution in [3.05, 3.63) is 95.1 Å². The van der Waals surface area contributed by atoms with E-state index in [2.05, 4.69) is 29.7 Å². The van der Waals surface area contributed by atoms with Crippen LogP contribution in [0, 0.1) is 0 Å². The Hall–Kier alpha value is -3.93. The van der Waals surface area contributed by atoms with Crippen LogP contribution in [0.25, 0.3) is 0 Å². The highest BCUT2D eigenvalue weighted by Gasteiger charge is 2.33. The van der Waals surface area contributed by atoms with Gasteiger partial charge in [0.2, 0.25) is 0 Å². The quantitative estimate of drug-likeness (QED) is 0.626. The molecule has 4 rings (SSSR count). The van der Waals surface area contributed by atoms with E-state index in [9.17, 15) is 14.4 Å². The Kier molecular flexibility index (Phi) is 5.06. The molecule has 3 aromatic rings. The number of rotatable bonds is 5. The van der Waals surface area contributed by atoms with Crippen LogP contribution in [0.4, 0.5) is 11.4 Å². The Labute approximate surface area is 174 Å². The number of nitrogens with one attached hydrogen (secondary N) is 2. The average Bonchev–Trinajstić information content (AvgIpc) is 2.99. The van der Waals surface area contributed by atoms with E-state index in [1.807, 2.05) is 42.5 Å². The van der Waals surface area contributed by atoms with Gasteiger partial charge < -0.3 is 10.6 Å². The van der Waals surface area contributed by atoms with Crippen molar-refractivity contribution in [3.8, 4) is 0 Å². The topological polar surface area (TPSA) is 78.5 Å². The second kappa shape index (κ2) is 7.83. The van der Waals surface area contributed by atoms with Crippen molar-refractivity contribution in [2.75, 3.05) is 17.7 Å². The molecule has 0 bridgehead atoms. The van der Waals surface area contributed by atoms with Gasteiger partial charge in [-0.3, -0.25) is 19.3 Å². The van der Waals surface area contributed by atoms with Crippen LogP contribution in [0.2, 0.25) is 0 Å². The van der Waals surface area contributed by atoms with E-state index in [1.54, 1.807) is 6.07 Å². The van der Waals surface area contributed by atoms with Crippen molar-refractivity contribution in [1.29, 1.82) is 0 Å². The van der Waals surface area contributed by atoms with Gasteiger partial charge in [0, 0.05) is 30.0 Å². The van der Waals surface area contributed by atoms with Gasteiger partial charge in [0.1, 0.15) is 0 Å². The van der Waals surface area contributed by atoms with E-state index in [4.69, 9.17) is 0 Å². The number of benzene rings is 3. The molecule has 0 aromatic heterocycles. The van der Waals surface area contributed by atoms with Crippen molar-refractivity contribution in [1.82, 2.24) is 4.90 Å². The highest BCUT2D eigenvalue weighted by molar-refractivity contribution is 6.22. The molecule has 0 saturated heterocycles. The molecule has 1 aliphatic rings. The van der Waals surface area contributed by atoms with Gasteiger partial charge in [0.25, 0.3) is 17.7 Å². The summed E-state index contributed by atoms with van der Waals surface area (Å²) in [6.07, 6.45) is 0. The summed E-state index contributed by atoms with van der Waals surface area (Å²) in [5, 5.41) is 6.25. The maximum absolute atomic E-state index is 12.6. The largest absolute Gasteiger partial charge is 0.379 e. The average molecular weight is 399 g/mol. The molecule has 1 unspecified atom stereocenters. The zero-order chi connectivity index (χ0) is 21.3. The van der Waals surface area contributed by atoms with Crippen molar-refractivity contribution >= 4 is 29.1 Å². The lowest BCUT2D eigenvalue weighted by molar-refractivity contribution is 0.0693. The fourth-order valence-electron chi connectivity index (χ4n) is 3.43. The van der Waals surface area contributed by atoms with Gasteiger partial charge in [-0.25, -0.2) is 0 Å². The molecular formula is C24H21N3O3. The van der Waals surface area contributed by atoms with Crippen LogP contribution in [0.5, 0.6) is 0 Å². The normalized spacial score (nSPS) is 13.7. The highest BCUT2D eigenvalue weighted by atomic mass is 16.2. The molecule has 3 aromatic carbocycles. The molecule has 1 atom stereocenters. The molecule has 2 N–H and O–H groups in total. The van der Waals surface area contributed by atoms with Crippen LogP contribution in [0.15, 0.2) is 72.8 Å². The number of imide groups is 1. The van der Waals surface area contributed by atoms with Crippen molar-refractivity contribution in [3.63, 3.8) is 0 Å². The van der Waals surface area contributed by atoms with Gasteiger partial charge in [0.15, 0.2) is 0 Å². The molecule has 0 saturated carbocycles. The molecule has 6 nitrogen and oxygen atoms in total. The van der Waals surface area contributed by atoms with E-state index < -0.39 is 5.91 Å². The number of amides is 3. The second-order valence-corrected chi connectivity index (χ2v) is 7.24. The van der Waals surface area contributed by atoms with Crippen molar-refractivity contribution in [2.24, 2.45) is 0 Å². The Morgan fingerprint density at radius 2 is 1.47 bits per heavy atom. The summed E-state index contributed by atoms with van der Waals surface area (Å²) >= 11 is 0. The number of hydrogen-bond donors (Lipinski definition) is 2. The predicted molar refractivity (Wildman–Crippen MR) is 116 cm³/mol. The van der Waals surface area contributed by atoms with E-state index in [1.165, 1.54) is 24.7 Å². The SMILES string of the molecule is CC(Nc1ccc(NC(=O)c2ccc3c(c2)C(=O)N(C)C3=O)cc1)c1ccccc1. The molecule has 0 fully saturated rings. The minimum atomic E-state index is -0.396. The van der Waals surface area contributed by atoms with Gasteiger partial charge in [-0.05, 0) is 55.0 Å². The first kappa shape index (κ1) is 19.4. The molecule has 6 heteroatoms. The highest BCUT2D eigenvalue weighted by Crippen LogP contribution is 2.24. The third-order valence-corrected chi connectivity index (χ3v) is 5.18. The summed E-state index contributed by atoms with van der Waals surface area (Å²) in [6, 6.07) is 22.2. The third-order valence-electron chi connectivity index (χ3n) is 5.18. The number of carbonyl (C=O) groups excluding carboxylic acids is 3. The summed E-state index contributed by atoms with van der Waals surface area (Å²) in [4.78, 5) is 37.8. The number of nitrogens with zero attached hydrogens (tertiary/aromatic N) is 1. The van der Waals surface area contributed by atoms with Crippen LogP contribution >= 0.6 is 0 Å². The van der Waals surface area contributed by atoms with E-state index in [0.717, 1.165) is 10.6 Å². The minimum Gasteiger partial charge on any atom is -0.379 e. The lowest BCUT2D eigenvalue weighted by Crippen LogP contribution is -2.24. The number of hydrogen-bond acceptors (Lipinski definition) is 4.